The predicted octanol–water partition coefficient (Wildman–Crippen LogP) is 3.39. The number of rotatable bonds is 4. The molecule has 154 valence electrons. The Morgan fingerprint density at radius 1 is 1.03 bits per heavy atom. The first-order chi connectivity index (χ1) is 14.3. The molecule has 0 radical (unpaired) electrons. The Bertz CT molecular complexity index is 1200. The molecule has 4 rings (SSSR count). The van der Waals surface area contributed by atoms with Gasteiger partial charge in [0.25, 0.3) is 5.91 Å². The maximum atomic E-state index is 14.5. The highest BCUT2D eigenvalue weighted by Gasteiger charge is 2.33. The maximum Gasteiger partial charge on any atom is 0.283 e. The molecule has 0 spiro atoms. The van der Waals surface area contributed by atoms with Crippen LogP contribution in [0.5, 0.6) is 0 Å². The number of hydrogen-bond donors (Lipinski definition) is 2. The molecule has 2 aromatic carbocycles. The second kappa shape index (κ2) is 7.29. The lowest BCUT2D eigenvalue weighted by Gasteiger charge is -2.14. The second-order valence-electron chi connectivity index (χ2n) is 6.86. The molecule has 0 unspecified atom stereocenters. The van der Waals surface area contributed by atoms with Crippen molar-refractivity contribution >= 4 is 11.9 Å². The predicted molar refractivity (Wildman–Crippen MR) is 101 cm³/mol. The van der Waals surface area contributed by atoms with Gasteiger partial charge in [0.1, 0.15) is 5.82 Å². The number of aromatic nitrogens is 2. The van der Waals surface area contributed by atoms with Gasteiger partial charge in [0.2, 0.25) is 0 Å². The molecule has 0 bridgehead atoms. The molecule has 30 heavy (non-hydrogen) atoms. The summed E-state index contributed by atoms with van der Waals surface area (Å²) in [5.41, 5.74) is 11.0. The number of aliphatic imine (C=N–C) groups is 1. The minimum absolute atomic E-state index is 0.0339. The van der Waals surface area contributed by atoms with Crippen LogP contribution in [-0.2, 0) is 0 Å². The highest BCUT2D eigenvalue weighted by atomic mass is 19.2. The fourth-order valence-electron chi connectivity index (χ4n) is 3.28. The Kier molecular flexibility index (Phi) is 4.76. The molecule has 4 N–H and O–H groups in total. The van der Waals surface area contributed by atoms with E-state index in [1.807, 2.05) is 0 Å². The van der Waals surface area contributed by atoms with Crippen LogP contribution in [0.15, 0.2) is 41.5 Å². The Morgan fingerprint density at radius 2 is 1.77 bits per heavy atom. The number of hydrogen-bond acceptors (Lipinski definition) is 2. The minimum atomic E-state index is -1.67. The van der Waals surface area contributed by atoms with E-state index in [1.165, 1.54) is 16.9 Å². The normalized spacial score (nSPS) is 13.3. The van der Waals surface area contributed by atoms with E-state index in [0.29, 0.717) is 5.69 Å². The third kappa shape index (κ3) is 3.40. The monoisotopic (exact) mass is 417 g/mol. The largest absolute Gasteiger partial charge is 0.370 e. The van der Waals surface area contributed by atoms with Crippen molar-refractivity contribution in [2.45, 2.75) is 18.8 Å². The fraction of sp³-hybridized carbons (Fsp3) is 0.150. The molecular formula is C20H15F4N5O. The Hall–Kier alpha value is -3.69. The number of carbonyl (C=O) groups excluding carboxylic acids is 1. The van der Waals surface area contributed by atoms with Crippen LogP contribution in [0.25, 0.3) is 16.8 Å². The van der Waals surface area contributed by atoms with Crippen molar-refractivity contribution < 1.29 is 22.4 Å². The molecule has 0 aliphatic heterocycles. The van der Waals surface area contributed by atoms with E-state index in [1.54, 1.807) is 0 Å². The average molecular weight is 417 g/mol. The number of halogens is 4. The molecular weight excluding hydrogens is 402 g/mol. The smallest absolute Gasteiger partial charge is 0.283 e. The topological polar surface area (TPSA) is 99.3 Å². The van der Waals surface area contributed by atoms with Crippen molar-refractivity contribution in [1.82, 2.24) is 9.78 Å². The van der Waals surface area contributed by atoms with Crippen LogP contribution in [0.3, 0.4) is 0 Å². The first kappa shape index (κ1) is 19.6. The van der Waals surface area contributed by atoms with Gasteiger partial charge >= 0.3 is 0 Å². The van der Waals surface area contributed by atoms with Crippen molar-refractivity contribution in [3.63, 3.8) is 0 Å². The van der Waals surface area contributed by atoms with Gasteiger partial charge in [0, 0.05) is 17.0 Å². The first-order valence-electron chi connectivity index (χ1n) is 8.93. The highest BCUT2D eigenvalue weighted by molar-refractivity contribution is 6.02. The SMILES string of the molecule is NC(N)=NC(=O)c1cnn(-c2ccc(F)cc2-c2ccc(F)c(F)c2F)c1C1CC1. The molecule has 1 amide bonds. The van der Waals surface area contributed by atoms with E-state index >= 15 is 0 Å². The number of nitrogens with zero attached hydrogens (tertiary/aromatic N) is 3. The van der Waals surface area contributed by atoms with Crippen LogP contribution in [0.2, 0.25) is 0 Å². The molecule has 0 saturated heterocycles. The van der Waals surface area contributed by atoms with Crippen molar-refractivity contribution in [3.8, 4) is 16.8 Å². The van der Waals surface area contributed by atoms with Gasteiger partial charge in [-0.1, -0.05) is 0 Å². The fourth-order valence-corrected chi connectivity index (χ4v) is 3.28. The van der Waals surface area contributed by atoms with Crippen LogP contribution >= 0.6 is 0 Å². The molecule has 10 heteroatoms. The summed E-state index contributed by atoms with van der Waals surface area (Å²) < 4.78 is 57.0. The minimum Gasteiger partial charge on any atom is -0.370 e. The molecule has 1 saturated carbocycles. The van der Waals surface area contributed by atoms with E-state index in [0.717, 1.165) is 37.1 Å². The Balaban J connectivity index is 1.93. The van der Waals surface area contributed by atoms with E-state index in [9.17, 15) is 22.4 Å². The summed E-state index contributed by atoms with van der Waals surface area (Å²) in [6.07, 6.45) is 2.80. The van der Waals surface area contributed by atoms with Crippen molar-refractivity contribution in [3.05, 3.63) is 71.1 Å². The van der Waals surface area contributed by atoms with E-state index in [2.05, 4.69) is 10.1 Å². The highest BCUT2D eigenvalue weighted by Crippen LogP contribution is 2.44. The second-order valence-corrected chi connectivity index (χ2v) is 6.86. The summed E-state index contributed by atoms with van der Waals surface area (Å²) in [5.74, 6) is -6.36. The summed E-state index contributed by atoms with van der Waals surface area (Å²) in [4.78, 5) is 15.9. The van der Waals surface area contributed by atoms with Gasteiger partial charge in [0.15, 0.2) is 23.4 Å². The lowest BCUT2D eigenvalue weighted by Crippen LogP contribution is -2.24. The third-order valence-electron chi connectivity index (χ3n) is 4.74. The first-order valence-corrected chi connectivity index (χ1v) is 8.93. The third-order valence-corrected chi connectivity index (χ3v) is 4.74. The Labute approximate surface area is 167 Å². The van der Waals surface area contributed by atoms with Crippen LogP contribution in [0.1, 0.15) is 34.8 Å². The van der Waals surface area contributed by atoms with Crippen LogP contribution < -0.4 is 11.5 Å². The van der Waals surface area contributed by atoms with Gasteiger partial charge in [-0.3, -0.25) is 4.79 Å². The molecule has 1 aliphatic carbocycles. The van der Waals surface area contributed by atoms with Crippen LogP contribution in [0.4, 0.5) is 17.6 Å². The number of guanidine groups is 1. The summed E-state index contributed by atoms with van der Waals surface area (Å²) in [6, 6.07) is 5.19. The Morgan fingerprint density at radius 3 is 2.43 bits per heavy atom. The van der Waals surface area contributed by atoms with Gasteiger partial charge in [-0.05, 0) is 43.2 Å². The number of carbonyl (C=O) groups is 1. The standard InChI is InChI=1S/C20H15F4N5O/c21-10-3-6-15(12(7-10)11-4-5-14(22)17(24)16(11)23)29-18(9-1-2-9)13(8-27-29)19(30)28-20(25)26/h3-9H,1-2H2,(H4,25,26,28,30). The lowest BCUT2D eigenvalue weighted by atomic mass is 10.0. The van der Waals surface area contributed by atoms with Crippen molar-refractivity contribution in [2.75, 3.05) is 0 Å². The molecule has 1 aromatic heterocycles. The van der Waals surface area contributed by atoms with Crippen molar-refractivity contribution in [1.29, 1.82) is 0 Å². The number of nitrogens with two attached hydrogens (primary N) is 2. The number of amides is 1. The molecule has 1 aliphatic rings. The van der Waals surface area contributed by atoms with Gasteiger partial charge in [-0.25, -0.2) is 22.2 Å². The van der Waals surface area contributed by atoms with Crippen molar-refractivity contribution in [2.24, 2.45) is 16.5 Å². The summed E-state index contributed by atoms with van der Waals surface area (Å²) in [5, 5.41) is 4.19. The summed E-state index contributed by atoms with van der Waals surface area (Å²) in [7, 11) is 0. The zero-order valence-corrected chi connectivity index (χ0v) is 15.4. The molecule has 6 nitrogen and oxygen atoms in total. The van der Waals surface area contributed by atoms with Crippen LogP contribution in [0, 0.1) is 23.3 Å². The molecule has 3 aromatic rings. The summed E-state index contributed by atoms with van der Waals surface area (Å²) in [6.45, 7) is 0. The lowest BCUT2D eigenvalue weighted by molar-refractivity contribution is 0.100. The van der Waals surface area contributed by atoms with E-state index in [4.69, 9.17) is 11.5 Å². The zero-order valence-electron chi connectivity index (χ0n) is 15.4. The van der Waals surface area contributed by atoms with E-state index in [-0.39, 0.29) is 28.3 Å². The average Bonchev–Trinajstić information content (AvgIpc) is 3.44. The number of benzene rings is 2. The van der Waals surface area contributed by atoms with Gasteiger partial charge in [-0.2, -0.15) is 10.1 Å². The molecule has 0 atom stereocenters. The van der Waals surface area contributed by atoms with Gasteiger partial charge in [0.05, 0.1) is 23.1 Å². The summed E-state index contributed by atoms with van der Waals surface area (Å²) >= 11 is 0. The van der Waals surface area contributed by atoms with Gasteiger partial charge < -0.3 is 11.5 Å². The van der Waals surface area contributed by atoms with Gasteiger partial charge in [-0.15, -0.1) is 0 Å². The maximum absolute atomic E-state index is 14.5. The molecule has 1 fully saturated rings. The molecule has 1 heterocycles. The van der Waals surface area contributed by atoms with E-state index < -0.39 is 35.1 Å². The zero-order chi connectivity index (χ0) is 21.6. The van der Waals surface area contributed by atoms with Crippen LogP contribution in [-0.4, -0.2) is 21.6 Å². The quantitative estimate of drug-likeness (QED) is 0.294.